The Bertz CT molecular complexity index is 443. The van der Waals surface area contributed by atoms with Gasteiger partial charge in [0.25, 0.3) is 0 Å². The van der Waals surface area contributed by atoms with Crippen LogP contribution in [0.1, 0.15) is 49.1 Å². The second-order valence-corrected chi connectivity index (χ2v) is 7.22. The molecule has 4 heteroatoms. The summed E-state index contributed by atoms with van der Waals surface area (Å²) in [6.07, 6.45) is 5.56. The minimum atomic E-state index is 0.160. The van der Waals surface area contributed by atoms with Gasteiger partial charge in [-0.15, -0.1) is 11.3 Å². The SMILES string of the molecule is Cc1ccsc1C(C(C)N)N1CCOC2CCCCC21. The Morgan fingerprint density at radius 3 is 2.90 bits per heavy atom. The van der Waals surface area contributed by atoms with Crippen LogP contribution in [0.3, 0.4) is 0 Å². The Hall–Kier alpha value is -0.420. The molecule has 0 bridgehead atoms. The van der Waals surface area contributed by atoms with Crippen LogP contribution in [0, 0.1) is 6.92 Å². The average molecular weight is 294 g/mol. The molecule has 0 spiro atoms. The van der Waals surface area contributed by atoms with E-state index in [4.69, 9.17) is 10.5 Å². The van der Waals surface area contributed by atoms with E-state index in [1.807, 2.05) is 11.3 Å². The molecule has 4 atom stereocenters. The van der Waals surface area contributed by atoms with Crippen molar-refractivity contribution in [2.45, 2.75) is 63.8 Å². The van der Waals surface area contributed by atoms with E-state index < -0.39 is 0 Å². The Labute approximate surface area is 126 Å². The summed E-state index contributed by atoms with van der Waals surface area (Å²) < 4.78 is 6.01. The molecule has 1 aliphatic carbocycles. The molecule has 20 heavy (non-hydrogen) atoms. The Balaban J connectivity index is 1.88. The number of thiophene rings is 1. The number of fused-ring (bicyclic) bond motifs is 1. The topological polar surface area (TPSA) is 38.5 Å². The standard InChI is InChI=1S/C16H26N2OS/c1-11-7-10-20-16(11)15(12(2)17)18-8-9-19-14-6-4-3-5-13(14)18/h7,10,12-15H,3-6,8-9,17H2,1-2H3. The van der Waals surface area contributed by atoms with Crippen LogP contribution in [0.15, 0.2) is 11.4 Å². The Morgan fingerprint density at radius 2 is 2.20 bits per heavy atom. The van der Waals surface area contributed by atoms with E-state index in [2.05, 4.69) is 30.2 Å². The number of morpholine rings is 1. The van der Waals surface area contributed by atoms with Crippen molar-refractivity contribution in [2.24, 2.45) is 5.73 Å². The highest BCUT2D eigenvalue weighted by Gasteiger charge is 2.39. The molecule has 2 aliphatic rings. The number of ether oxygens (including phenoxy) is 1. The van der Waals surface area contributed by atoms with Gasteiger partial charge in [0.1, 0.15) is 0 Å². The highest BCUT2D eigenvalue weighted by molar-refractivity contribution is 7.10. The summed E-state index contributed by atoms with van der Waals surface area (Å²) in [6.45, 7) is 6.23. The van der Waals surface area contributed by atoms with Crippen LogP contribution in [-0.2, 0) is 4.74 Å². The molecule has 2 N–H and O–H groups in total. The summed E-state index contributed by atoms with van der Waals surface area (Å²) >= 11 is 1.86. The molecule has 4 unspecified atom stereocenters. The molecular weight excluding hydrogens is 268 g/mol. The van der Waals surface area contributed by atoms with Crippen LogP contribution in [-0.4, -0.2) is 36.2 Å². The molecule has 3 rings (SSSR count). The van der Waals surface area contributed by atoms with Crippen LogP contribution < -0.4 is 5.73 Å². The number of aryl methyl sites for hydroxylation is 1. The van der Waals surface area contributed by atoms with Crippen molar-refractivity contribution in [2.75, 3.05) is 13.2 Å². The van der Waals surface area contributed by atoms with E-state index in [0.29, 0.717) is 18.2 Å². The van der Waals surface area contributed by atoms with Gasteiger partial charge in [0, 0.05) is 23.5 Å². The zero-order valence-corrected chi connectivity index (χ0v) is 13.4. The van der Waals surface area contributed by atoms with Gasteiger partial charge in [0.05, 0.1) is 18.8 Å². The first-order chi connectivity index (χ1) is 9.68. The smallest absolute Gasteiger partial charge is 0.0731 e. The zero-order chi connectivity index (χ0) is 14.1. The van der Waals surface area contributed by atoms with Crippen LogP contribution >= 0.6 is 11.3 Å². The maximum Gasteiger partial charge on any atom is 0.0731 e. The van der Waals surface area contributed by atoms with Crippen molar-refractivity contribution in [3.63, 3.8) is 0 Å². The molecule has 0 aromatic carbocycles. The van der Waals surface area contributed by atoms with E-state index in [9.17, 15) is 0 Å². The molecule has 1 aromatic rings. The van der Waals surface area contributed by atoms with Gasteiger partial charge in [-0.1, -0.05) is 12.8 Å². The van der Waals surface area contributed by atoms with E-state index >= 15 is 0 Å². The summed E-state index contributed by atoms with van der Waals surface area (Å²) in [4.78, 5) is 4.10. The maximum absolute atomic E-state index is 6.37. The predicted molar refractivity (Wildman–Crippen MR) is 84.1 cm³/mol. The van der Waals surface area contributed by atoms with Gasteiger partial charge in [-0.25, -0.2) is 0 Å². The number of hydrogen-bond acceptors (Lipinski definition) is 4. The molecule has 0 radical (unpaired) electrons. The van der Waals surface area contributed by atoms with E-state index in [0.717, 1.165) is 13.2 Å². The third-order valence-corrected chi connectivity index (χ3v) is 5.89. The van der Waals surface area contributed by atoms with Crippen molar-refractivity contribution in [1.82, 2.24) is 4.90 Å². The van der Waals surface area contributed by atoms with Crippen molar-refractivity contribution < 1.29 is 4.74 Å². The maximum atomic E-state index is 6.37. The summed E-state index contributed by atoms with van der Waals surface area (Å²) in [6, 6.07) is 3.29. The quantitative estimate of drug-likeness (QED) is 0.931. The van der Waals surface area contributed by atoms with Gasteiger partial charge in [0.2, 0.25) is 0 Å². The third-order valence-electron chi connectivity index (χ3n) is 4.80. The van der Waals surface area contributed by atoms with Crippen molar-refractivity contribution in [3.05, 3.63) is 21.9 Å². The molecule has 2 heterocycles. The number of nitrogens with two attached hydrogens (primary N) is 1. The van der Waals surface area contributed by atoms with E-state index in [1.54, 1.807) is 0 Å². The largest absolute Gasteiger partial charge is 0.375 e. The molecule has 1 aliphatic heterocycles. The summed E-state index contributed by atoms with van der Waals surface area (Å²) in [5, 5.41) is 2.19. The molecule has 2 fully saturated rings. The third kappa shape index (κ3) is 2.67. The lowest BCUT2D eigenvalue weighted by atomic mass is 9.88. The second-order valence-electron chi connectivity index (χ2n) is 6.27. The molecular formula is C16H26N2OS. The van der Waals surface area contributed by atoms with E-state index in [-0.39, 0.29) is 6.04 Å². The summed E-state index contributed by atoms with van der Waals surface area (Å²) in [5.74, 6) is 0. The fourth-order valence-corrected chi connectivity index (χ4v) is 5.01. The Morgan fingerprint density at radius 1 is 1.40 bits per heavy atom. The fraction of sp³-hybridized carbons (Fsp3) is 0.750. The molecule has 1 aromatic heterocycles. The second kappa shape index (κ2) is 6.14. The minimum Gasteiger partial charge on any atom is -0.375 e. The van der Waals surface area contributed by atoms with Gasteiger partial charge >= 0.3 is 0 Å². The number of rotatable bonds is 3. The highest BCUT2D eigenvalue weighted by Crippen LogP contribution is 2.38. The van der Waals surface area contributed by atoms with Crippen LogP contribution in [0.2, 0.25) is 0 Å². The van der Waals surface area contributed by atoms with Crippen molar-refractivity contribution in [3.8, 4) is 0 Å². The lowest BCUT2D eigenvalue weighted by Gasteiger charge is -2.48. The number of hydrogen-bond donors (Lipinski definition) is 1. The highest BCUT2D eigenvalue weighted by atomic mass is 32.1. The van der Waals surface area contributed by atoms with Crippen LogP contribution in [0.25, 0.3) is 0 Å². The first-order valence-corrected chi connectivity index (χ1v) is 8.73. The van der Waals surface area contributed by atoms with Crippen LogP contribution in [0.4, 0.5) is 0 Å². The Kier molecular flexibility index (Phi) is 4.46. The molecule has 0 amide bonds. The zero-order valence-electron chi connectivity index (χ0n) is 12.5. The van der Waals surface area contributed by atoms with Crippen molar-refractivity contribution in [1.29, 1.82) is 0 Å². The van der Waals surface area contributed by atoms with Crippen molar-refractivity contribution >= 4 is 11.3 Å². The van der Waals surface area contributed by atoms with Crippen LogP contribution in [0.5, 0.6) is 0 Å². The predicted octanol–water partition coefficient (Wildman–Crippen LogP) is 3.09. The van der Waals surface area contributed by atoms with Gasteiger partial charge in [-0.05, 0) is 43.7 Å². The molecule has 1 saturated heterocycles. The molecule has 3 nitrogen and oxygen atoms in total. The lowest BCUT2D eigenvalue weighted by molar-refractivity contribution is -0.105. The fourth-order valence-electron chi connectivity index (χ4n) is 3.85. The summed E-state index contributed by atoms with van der Waals surface area (Å²) in [5.41, 5.74) is 7.76. The molecule has 1 saturated carbocycles. The monoisotopic (exact) mass is 294 g/mol. The van der Waals surface area contributed by atoms with Gasteiger partial charge in [0.15, 0.2) is 0 Å². The van der Waals surface area contributed by atoms with Gasteiger partial charge in [-0.2, -0.15) is 0 Å². The first-order valence-electron chi connectivity index (χ1n) is 7.85. The lowest BCUT2D eigenvalue weighted by Crippen LogP contribution is -2.56. The average Bonchev–Trinajstić information content (AvgIpc) is 2.85. The molecule has 112 valence electrons. The first kappa shape index (κ1) is 14.5. The van der Waals surface area contributed by atoms with Gasteiger partial charge < -0.3 is 10.5 Å². The minimum absolute atomic E-state index is 0.160. The summed E-state index contributed by atoms with van der Waals surface area (Å²) in [7, 11) is 0. The van der Waals surface area contributed by atoms with E-state index in [1.165, 1.54) is 36.1 Å². The van der Waals surface area contributed by atoms with Gasteiger partial charge in [-0.3, -0.25) is 4.90 Å². The normalized spacial score (nSPS) is 30.8. The number of nitrogens with zero attached hydrogens (tertiary/aromatic N) is 1.